The number of hydrogen-bond donors (Lipinski definition) is 1. The Bertz CT molecular complexity index is 546. The van der Waals surface area contributed by atoms with Crippen LogP contribution in [0.15, 0.2) is 47.4 Å². The maximum atomic E-state index is 12.7. The number of benzene rings is 1. The highest BCUT2D eigenvalue weighted by molar-refractivity contribution is 5.33. The number of rotatable bonds is 2. The summed E-state index contributed by atoms with van der Waals surface area (Å²) in [5.41, 5.74) is 0.981. The minimum atomic E-state index is -0.352. The Hall–Kier alpha value is -1.94. The van der Waals surface area contributed by atoms with Gasteiger partial charge in [-0.2, -0.15) is 0 Å². The SMILES string of the molecule is O=c1ccc(CO)cn1-c1ccc(F)cc1. The molecule has 2 aromatic rings. The average molecular weight is 219 g/mol. The van der Waals surface area contributed by atoms with E-state index in [1.54, 1.807) is 6.07 Å². The first-order valence-corrected chi connectivity index (χ1v) is 4.79. The van der Waals surface area contributed by atoms with Crippen molar-refractivity contribution in [1.82, 2.24) is 4.57 Å². The van der Waals surface area contributed by atoms with Crippen LogP contribution in [0.5, 0.6) is 0 Å². The maximum absolute atomic E-state index is 12.7. The molecular formula is C12H10FNO2. The molecule has 0 fully saturated rings. The molecule has 4 heteroatoms. The van der Waals surface area contributed by atoms with Gasteiger partial charge in [0.25, 0.3) is 5.56 Å². The van der Waals surface area contributed by atoms with Gasteiger partial charge in [0.2, 0.25) is 0 Å². The molecule has 0 amide bonds. The van der Waals surface area contributed by atoms with Crippen LogP contribution in [0.2, 0.25) is 0 Å². The second kappa shape index (κ2) is 4.28. The second-order valence-corrected chi connectivity index (χ2v) is 3.38. The molecule has 0 aliphatic carbocycles. The lowest BCUT2D eigenvalue weighted by atomic mass is 10.2. The molecule has 0 atom stereocenters. The van der Waals surface area contributed by atoms with E-state index in [4.69, 9.17) is 5.11 Å². The van der Waals surface area contributed by atoms with E-state index >= 15 is 0 Å². The van der Waals surface area contributed by atoms with Crippen LogP contribution in [0, 0.1) is 5.82 Å². The van der Waals surface area contributed by atoms with Gasteiger partial charge in [-0.25, -0.2) is 4.39 Å². The minimum Gasteiger partial charge on any atom is -0.392 e. The zero-order chi connectivity index (χ0) is 11.5. The third-order valence-electron chi connectivity index (χ3n) is 2.26. The minimum absolute atomic E-state index is 0.137. The van der Waals surface area contributed by atoms with E-state index in [1.165, 1.54) is 41.1 Å². The van der Waals surface area contributed by atoms with Crippen molar-refractivity contribution in [2.24, 2.45) is 0 Å². The largest absolute Gasteiger partial charge is 0.392 e. The van der Waals surface area contributed by atoms with Gasteiger partial charge in [0, 0.05) is 18.0 Å². The molecule has 0 spiro atoms. The molecule has 2 rings (SSSR count). The molecule has 0 unspecified atom stereocenters. The van der Waals surface area contributed by atoms with Gasteiger partial charge in [0.15, 0.2) is 0 Å². The van der Waals surface area contributed by atoms with Crippen LogP contribution >= 0.6 is 0 Å². The molecule has 0 saturated heterocycles. The fraction of sp³-hybridized carbons (Fsp3) is 0.0833. The van der Waals surface area contributed by atoms with Gasteiger partial charge >= 0.3 is 0 Å². The number of hydrogen-bond acceptors (Lipinski definition) is 2. The topological polar surface area (TPSA) is 42.2 Å². The quantitative estimate of drug-likeness (QED) is 0.831. The summed E-state index contributed by atoms with van der Waals surface area (Å²) in [6.07, 6.45) is 1.54. The zero-order valence-electron chi connectivity index (χ0n) is 8.43. The van der Waals surface area contributed by atoms with Crippen molar-refractivity contribution in [3.8, 4) is 5.69 Å². The molecule has 0 bridgehead atoms. The van der Waals surface area contributed by atoms with Crippen molar-refractivity contribution in [3.63, 3.8) is 0 Å². The van der Waals surface area contributed by atoms with E-state index < -0.39 is 0 Å². The van der Waals surface area contributed by atoms with Crippen molar-refractivity contribution in [2.45, 2.75) is 6.61 Å². The fourth-order valence-corrected chi connectivity index (χ4v) is 1.43. The number of aliphatic hydroxyl groups is 1. The van der Waals surface area contributed by atoms with E-state index in [1.807, 2.05) is 0 Å². The molecule has 1 aromatic heterocycles. The molecule has 82 valence electrons. The highest BCUT2D eigenvalue weighted by Crippen LogP contribution is 2.07. The highest BCUT2D eigenvalue weighted by Gasteiger charge is 2.01. The number of aliphatic hydroxyl groups excluding tert-OH is 1. The molecule has 3 nitrogen and oxygen atoms in total. The van der Waals surface area contributed by atoms with Gasteiger partial charge in [0.1, 0.15) is 5.82 Å². The molecule has 1 heterocycles. The summed E-state index contributed by atoms with van der Waals surface area (Å²) in [5.74, 6) is -0.352. The summed E-state index contributed by atoms with van der Waals surface area (Å²) < 4.78 is 14.1. The Labute approximate surface area is 91.4 Å². The summed E-state index contributed by atoms with van der Waals surface area (Å²) in [7, 11) is 0. The van der Waals surface area contributed by atoms with E-state index in [9.17, 15) is 9.18 Å². The number of halogens is 1. The first-order valence-electron chi connectivity index (χ1n) is 4.79. The molecule has 1 aromatic carbocycles. The first-order chi connectivity index (χ1) is 7.70. The summed E-state index contributed by atoms with van der Waals surface area (Å²) in [4.78, 5) is 11.6. The highest BCUT2D eigenvalue weighted by atomic mass is 19.1. The standard InChI is InChI=1S/C12H10FNO2/c13-10-2-4-11(5-3-10)14-7-9(8-15)1-6-12(14)16/h1-7,15H,8H2. The molecular weight excluding hydrogens is 209 g/mol. The Morgan fingerprint density at radius 1 is 1.12 bits per heavy atom. The van der Waals surface area contributed by atoms with Gasteiger partial charge in [-0.1, -0.05) is 0 Å². The Kier molecular flexibility index (Phi) is 2.83. The lowest BCUT2D eigenvalue weighted by Gasteiger charge is -2.06. The molecule has 0 aliphatic rings. The number of pyridine rings is 1. The Balaban J connectivity index is 2.54. The average Bonchev–Trinajstić information content (AvgIpc) is 2.31. The van der Waals surface area contributed by atoms with Crippen molar-refractivity contribution < 1.29 is 9.50 Å². The molecule has 16 heavy (non-hydrogen) atoms. The summed E-state index contributed by atoms with van der Waals surface area (Å²) >= 11 is 0. The molecule has 0 saturated carbocycles. The summed E-state index contributed by atoms with van der Waals surface area (Å²) in [6.45, 7) is -0.137. The van der Waals surface area contributed by atoms with Crippen molar-refractivity contribution in [3.05, 3.63) is 64.3 Å². The Morgan fingerprint density at radius 3 is 2.44 bits per heavy atom. The van der Waals surface area contributed by atoms with Gasteiger partial charge < -0.3 is 5.11 Å². The van der Waals surface area contributed by atoms with Crippen molar-refractivity contribution >= 4 is 0 Å². The lowest BCUT2D eigenvalue weighted by molar-refractivity contribution is 0.281. The van der Waals surface area contributed by atoms with Crippen LogP contribution in [0.1, 0.15) is 5.56 Å². The molecule has 0 radical (unpaired) electrons. The van der Waals surface area contributed by atoms with Crippen LogP contribution in [-0.2, 0) is 6.61 Å². The van der Waals surface area contributed by atoms with Crippen LogP contribution in [0.4, 0.5) is 4.39 Å². The van der Waals surface area contributed by atoms with Crippen LogP contribution in [-0.4, -0.2) is 9.67 Å². The van der Waals surface area contributed by atoms with Crippen LogP contribution in [0.25, 0.3) is 5.69 Å². The van der Waals surface area contributed by atoms with E-state index in [0.29, 0.717) is 11.3 Å². The lowest BCUT2D eigenvalue weighted by Crippen LogP contribution is -2.17. The van der Waals surface area contributed by atoms with E-state index in [-0.39, 0.29) is 18.0 Å². The summed E-state index contributed by atoms with van der Waals surface area (Å²) in [6, 6.07) is 8.52. The Morgan fingerprint density at radius 2 is 1.81 bits per heavy atom. The maximum Gasteiger partial charge on any atom is 0.255 e. The number of nitrogens with zero attached hydrogens (tertiary/aromatic N) is 1. The third kappa shape index (κ3) is 2.01. The number of aromatic nitrogens is 1. The monoisotopic (exact) mass is 219 g/mol. The van der Waals surface area contributed by atoms with Gasteiger partial charge in [0.05, 0.1) is 6.61 Å². The zero-order valence-corrected chi connectivity index (χ0v) is 8.43. The van der Waals surface area contributed by atoms with Crippen LogP contribution < -0.4 is 5.56 Å². The predicted molar refractivity (Wildman–Crippen MR) is 57.9 cm³/mol. The van der Waals surface area contributed by atoms with Crippen LogP contribution in [0.3, 0.4) is 0 Å². The second-order valence-electron chi connectivity index (χ2n) is 3.38. The van der Waals surface area contributed by atoms with E-state index in [0.717, 1.165) is 0 Å². The van der Waals surface area contributed by atoms with Gasteiger partial charge in [-0.15, -0.1) is 0 Å². The molecule has 0 aliphatic heterocycles. The molecule has 1 N–H and O–H groups in total. The fourth-order valence-electron chi connectivity index (χ4n) is 1.43. The normalized spacial score (nSPS) is 10.4. The first kappa shape index (κ1) is 10.6. The third-order valence-corrected chi connectivity index (χ3v) is 2.26. The van der Waals surface area contributed by atoms with E-state index in [2.05, 4.69) is 0 Å². The van der Waals surface area contributed by atoms with Crippen molar-refractivity contribution in [2.75, 3.05) is 0 Å². The summed E-state index contributed by atoms with van der Waals surface area (Å²) in [5, 5.41) is 8.97. The van der Waals surface area contributed by atoms with Crippen molar-refractivity contribution in [1.29, 1.82) is 0 Å². The smallest absolute Gasteiger partial charge is 0.255 e. The predicted octanol–water partition coefficient (Wildman–Crippen LogP) is 1.47. The van der Waals surface area contributed by atoms with Gasteiger partial charge in [-0.05, 0) is 35.9 Å². The van der Waals surface area contributed by atoms with Gasteiger partial charge in [-0.3, -0.25) is 9.36 Å².